The summed E-state index contributed by atoms with van der Waals surface area (Å²) in [6.07, 6.45) is 3.64. The van der Waals surface area contributed by atoms with Gasteiger partial charge in [-0.15, -0.1) is 0 Å². The molecule has 1 amide bonds. The number of nitrogens with zero attached hydrogens (tertiary/aromatic N) is 1. The second kappa shape index (κ2) is 7.77. The Hall–Kier alpha value is -0.920. The van der Waals surface area contributed by atoms with E-state index in [4.69, 9.17) is 0 Å². The monoisotopic (exact) mass is 402 g/mol. The van der Waals surface area contributed by atoms with Crippen LogP contribution in [-0.4, -0.2) is 37.8 Å². The summed E-state index contributed by atoms with van der Waals surface area (Å²) in [5.74, 6) is -0.253. The maximum Gasteiger partial charge on any atom is 0.252 e. The van der Waals surface area contributed by atoms with Crippen molar-refractivity contribution >= 4 is 31.9 Å². The first-order chi connectivity index (χ1) is 10.9. The topological polar surface area (TPSA) is 66.5 Å². The summed E-state index contributed by atoms with van der Waals surface area (Å²) in [5.41, 5.74) is 0.355. The molecule has 0 saturated carbocycles. The molecule has 1 aliphatic rings. The Bertz CT molecular complexity index is 670. The number of halogens is 1. The van der Waals surface area contributed by atoms with Crippen LogP contribution >= 0.6 is 15.9 Å². The van der Waals surface area contributed by atoms with Gasteiger partial charge < -0.3 is 5.32 Å². The normalized spacial score (nSPS) is 17.2. The van der Waals surface area contributed by atoms with Crippen molar-refractivity contribution in [1.29, 1.82) is 0 Å². The summed E-state index contributed by atoms with van der Waals surface area (Å²) in [4.78, 5) is 12.6. The Kier molecular flexibility index (Phi) is 6.22. The number of carbonyl (C=O) groups excluding carboxylic acids is 1. The number of rotatable bonds is 6. The van der Waals surface area contributed by atoms with Crippen LogP contribution in [0, 0.1) is 0 Å². The minimum absolute atomic E-state index is 0.0539. The van der Waals surface area contributed by atoms with E-state index in [1.54, 1.807) is 12.1 Å². The molecule has 1 N–H and O–H groups in total. The third-order valence-corrected chi connectivity index (χ3v) is 6.57. The van der Waals surface area contributed by atoms with Crippen molar-refractivity contribution in [2.45, 2.75) is 50.5 Å². The molecule has 0 aromatic heterocycles. The summed E-state index contributed by atoms with van der Waals surface area (Å²) >= 11 is 3.34. The molecule has 1 aromatic rings. The predicted octanol–water partition coefficient (Wildman–Crippen LogP) is 3.15. The van der Waals surface area contributed by atoms with Gasteiger partial charge in [-0.3, -0.25) is 4.79 Å². The lowest BCUT2D eigenvalue weighted by atomic mass is 10.1. The number of hydrogen-bond donors (Lipinski definition) is 1. The Morgan fingerprint density at radius 2 is 2.00 bits per heavy atom. The van der Waals surface area contributed by atoms with Gasteiger partial charge in [-0.25, -0.2) is 8.42 Å². The number of amides is 1. The van der Waals surface area contributed by atoms with Gasteiger partial charge in [0.15, 0.2) is 0 Å². The van der Waals surface area contributed by atoms with Gasteiger partial charge in [-0.1, -0.05) is 13.3 Å². The highest BCUT2D eigenvalue weighted by Crippen LogP contribution is 2.25. The van der Waals surface area contributed by atoms with Crippen molar-refractivity contribution in [3.05, 3.63) is 28.2 Å². The first-order valence-corrected chi connectivity index (χ1v) is 10.2. The maximum absolute atomic E-state index is 12.6. The van der Waals surface area contributed by atoms with Crippen molar-refractivity contribution in [3.63, 3.8) is 0 Å². The molecule has 1 heterocycles. The van der Waals surface area contributed by atoms with Crippen molar-refractivity contribution in [3.8, 4) is 0 Å². The van der Waals surface area contributed by atoms with Gasteiger partial charge in [0, 0.05) is 23.6 Å². The standard InChI is InChI=1S/C16H23BrN2O3S/c1-3-6-12(2)18-16(20)14-11-13(7-8-15(14)17)23(21,22)19-9-4-5-10-19/h7-8,11-12H,3-6,9-10H2,1-2H3,(H,18,20). The van der Waals surface area contributed by atoms with Crippen LogP contribution in [-0.2, 0) is 10.0 Å². The minimum Gasteiger partial charge on any atom is -0.350 e. The van der Waals surface area contributed by atoms with E-state index in [1.165, 1.54) is 10.4 Å². The fourth-order valence-electron chi connectivity index (χ4n) is 2.72. The molecule has 1 unspecified atom stereocenters. The Balaban J connectivity index is 2.26. The lowest BCUT2D eigenvalue weighted by molar-refractivity contribution is 0.0937. The smallest absolute Gasteiger partial charge is 0.252 e. The van der Waals surface area contributed by atoms with Gasteiger partial charge in [-0.2, -0.15) is 4.31 Å². The first-order valence-electron chi connectivity index (χ1n) is 7.97. The van der Waals surface area contributed by atoms with Gasteiger partial charge in [-0.05, 0) is 60.3 Å². The average molecular weight is 403 g/mol. The van der Waals surface area contributed by atoms with Gasteiger partial charge >= 0.3 is 0 Å². The zero-order valence-corrected chi connectivity index (χ0v) is 15.9. The van der Waals surface area contributed by atoms with Gasteiger partial charge in [0.2, 0.25) is 10.0 Å². The third-order valence-electron chi connectivity index (χ3n) is 3.98. The summed E-state index contributed by atoms with van der Waals surface area (Å²) in [6.45, 7) is 5.10. The van der Waals surface area contributed by atoms with Crippen LogP contribution in [0.5, 0.6) is 0 Å². The molecule has 1 saturated heterocycles. The largest absolute Gasteiger partial charge is 0.350 e. The van der Waals surface area contributed by atoms with Crippen LogP contribution in [0.2, 0.25) is 0 Å². The number of hydrogen-bond acceptors (Lipinski definition) is 3. The molecule has 7 heteroatoms. The Morgan fingerprint density at radius 3 is 2.61 bits per heavy atom. The fraction of sp³-hybridized carbons (Fsp3) is 0.562. The van der Waals surface area contributed by atoms with E-state index < -0.39 is 10.0 Å². The molecule has 1 atom stereocenters. The number of sulfonamides is 1. The van der Waals surface area contributed by atoms with E-state index in [9.17, 15) is 13.2 Å². The van der Waals surface area contributed by atoms with Crippen molar-refractivity contribution in [2.24, 2.45) is 0 Å². The van der Waals surface area contributed by atoms with Crippen LogP contribution in [0.15, 0.2) is 27.6 Å². The average Bonchev–Trinajstić information content (AvgIpc) is 3.02. The van der Waals surface area contributed by atoms with Gasteiger partial charge in [0.25, 0.3) is 5.91 Å². The van der Waals surface area contributed by atoms with Gasteiger partial charge in [0.1, 0.15) is 0 Å². The molecule has 128 valence electrons. The molecular formula is C16H23BrN2O3S. The van der Waals surface area contributed by atoms with Crippen LogP contribution in [0.4, 0.5) is 0 Å². The predicted molar refractivity (Wildman–Crippen MR) is 94.0 cm³/mol. The van der Waals surface area contributed by atoms with E-state index in [2.05, 4.69) is 28.2 Å². The zero-order chi connectivity index (χ0) is 17.0. The molecule has 0 aliphatic carbocycles. The third kappa shape index (κ3) is 4.33. The van der Waals surface area contributed by atoms with E-state index >= 15 is 0 Å². The highest BCUT2D eigenvalue weighted by Gasteiger charge is 2.28. The summed E-state index contributed by atoms with van der Waals surface area (Å²) < 4.78 is 27.3. The lowest BCUT2D eigenvalue weighted by Crippen LogP contribution is -2.33. The molecule has 2 rings (SSSR count). The fourth-order valence-corrected chi connectivity index (χ4v) is 4.69. The van der Waals surface area contributed by atoms with E-state index in [0.29, 0.717) is 23.1 Å². The maximum atomic E-state index is 12.6. The quantitative estimate of drug-likeness (QED) is 0.794. The molecule has 1 aromatic carbocycles. The van der Waals surface area contributed by atoms with Crippen LogP contribution in [0.25, 0.3) is 0 Å². The number of benzene rings is 1. The highest BCUT2D eigenvalue weighted by molar-refractivity contribution is 9.10. The molecule has 5 nitrogen and oxygen atoms in total. The van der Waals surface area contributed by atoms with Crippen molar-refractivity contribution in [2.75, 3.05) is 13.1 Å². The SMILES string of the molecule is CCCC(C)NC(=O)c1cc(S(=O)(=O)N2CCCC2)ccc1Br. The summed E-state index contributed by atoms with van der Waals surface area (Å²) in [5, 5.41) is 2.91. The van der Waals surface area contributed by atoms with Crippen molar-refractivity contribution in [1.82, 2.24) is 9.62 Å². The molecule has 1 aliphatic heterocycles. The molecular weight excluding hydrogens is 380 g/mol. The Morgan fingerprint density at radius 1 is 1.35 bits per heavy atom. The highest BCUT2D eigenvalue weighted by atomic mass is 79.9. The summed E-state index contributed by atoms with van der Waals surface area (Å²) in [7, 11) is -3.52. The molecule has 23 heavy (non-hydrogen) atoms. The number of nitrogens with one attached hydrogen (secondary N) is 1. The van der Waals surface area contributed by atoms with E-state index in [-0.39, 0.29) is 16.8 Å². The van der Waals surface area contributed by atoms with Gasteiger partial charge in [0.05, 0.1) is 10.5 Å². The first kappa shape index (κ1) is 18.4. The van der Waals surface area contributed by atoms with Crippen LogP contribution < -0.4 is 5.32 Å². The molecule has 0 radical (unpaired) electrons. The number of carbonyl (C=O) groups is 1. The second-order valence-electron chi connectivity index (χ2n) is 5.92. The second-order valence-corrected chi connectivity index (χ2v) is 8.71. The van der Waals surface area contributed by atoms with Crippen LogP contribution in [0.3, 0.4) is 0 Å². The summed E-state index contributed by atoms with van der Waals surface area (Å²) in [6, 6.07) is 4.69. The molecule has 0 bridgehead atoms. The lowest BCUT2D eigenvalue weighted by Gasteiger charge is -2.17. The zero-order valence-electron chi connectivity index (χ0n) is 13.5. The van der Waals surface area contributed by atoms with E-state index in [0.717, 1.165) is 25.7 Å². The van der Waals surface area contributed by atoms with E-state index in [1.807, 2.05) is 6.92 Å². The van der Waals surface area contributed by atoms with Crippen LogP contribution in [0.1, 0.15) is 49.9 Å². The molecule has 1 fully saturated rings. The molecule has 0 spiro atoms. The Labute approximate surface area is 146 Å². The minimum atomic E-state index is -3.52. The van der Waals surface area contributed by atoms with Crippen molar-refractivity contribution < 1.29 is 13.2 Å².